The van der Waals surface area contributed by atoms with E-state index in [1.54, 1.807) is 24.3 Å². The molecule has 1 aliphatic heterocycles. The van der Waals surface area contributed by atoms with Crippen LogP contribution >= 0.6 is 11.6 Å². The van der Waals surface area contributed by atoms with Crippen molar-refractivity contribution in [1.82, 2.24) is 9.88 Å². The lowest BCUT2D eigenvalue weighted by Crippen LogP contribution is -2.34. The molecule has 1 aliphatic rings. The molecule has 0 saturated carbocycles. The van der Waals surface area contributed by atoms with E-state index in [-0.39, 0.29) is 24.3 Å². The van der Waals surface area contributed by atoms with Crippen LogP contribution in [-0.2, 0) is 4.79 Å². The van der Waals surface area contributed by atoms with Gasteiger partial charge in [-0.2, -0.15) is 0 Å². The van der Waals surface area contributed by atoms with Gasteiger partial charge in [0, 0.05) is 18.8 Å². The summed E-state index contributed by atoms with van der Waals surface area (Å²) in [5, 5.41) is 13.1. The van der Waals surface area contributed by atoms with Gasteiger partial charge in [0.15, 0.2) is 0 Å². The SMILES string of the molecule is O=C(CN1CC(O)CC1c1cccc(F)c1)Nc1ccc(Cl)cn1. The Labute approximate surface area is 144 Å². The van der Waals surface area contributed by atoms with Crippen LogP contribution in [0.3, 0.4) is 0 Å². The van der Waals surface area contributed by atoms with E-state index in [1.165, 1.54) is 18.3 Å². The van der Waals surface area contributed by atoms with Crippen LogP contribution in [0, 0.1) is 5.82 Å². The summed E-state index contributed by atoms with van der Waals surface area (Å²) < 4.78 is 13.4. The second-order valence-electron chi connectivity index (χ2n) is 5.80. The van der Waals surface area contributed by atoms with Crippen molar-refractivity contribution in [2.45, 2.75) is 18.6 Å². The van der Waals surface area contributed by atoms with E-state index in [4.69, 9.17) is 11.6 Å². The van der Waals surface area contributed by atoms with Crippen LogP contribution < -0.4 is 5.32 Å². The molecule has 1 aromatic heterocycles. The topological polar surface area (TPSA) is 65.5 Å². The van der Waals surface area contributed by atoms with Gasteiger partial charge in [-0.25, -0.2) is 9.37 Å². The van der Waals surface area contributed by atoms with Gasteiger partial charge in [0.1, 0.15) is 11.6 Å². The van der Waals surface area contributed by atoms with Gasteiger partial charge in [0.05, 0.1) is 17.7 Å². The zero-order valence-corrected chi connectivity index (χ0v) is 13.6. The van der Waals surface area contributed by atoms with Crippen LogP contribution in [0.1, 0.15) is 18.0 Å². The molecule has 1 aromatic carbocycles. The van der Waals surface area contributed by atoms with Crippen LogP contribution in [0.15, 0.2) is 42.6 Å². The molecule has 2 unspecified atom stereocenters. The van der Waals surface area contributed by atoms with Crippen LogP contribution in [0.4, 0.5) is 10.2 Å². The molecular weight excluding hydrogens is 333 g/mol. The molecule has 0 aliphatic carbocycles. The molecule has 126 valence electrons. The monoisotopic (exact) mass is 349 g/mol. The number of nitrogens with one attached hydrogen (secondary N) is 1. The third-order valence-corrected chi connectivity index (χ3v) is 4.18. The number of benzene rings is 1. The van der Waals surface area contributed by atoms with Crippen molar-refractivity contribution in [3.63, 3.8) is 0 Å². The Morgan fingerprint density at radius 1 is 1.42 bits per heavy atom. The number of carbonyl (C=O) groups is 1. The van der Waals surface area contributed by atoms with Gasteiger partial charge in [-0.1, -0.05) is 23.7 Å². The second-order valence-corrected chi connectivity index (χ2v) is 6.24. The maximum absolute atomic E-state index is 13.4. The maximum Gasteiger partial charge on any atom is 0.239 e. The number of carbonyl (C=O) groups excluding carboxylic acids is 1. The van der Waals surface area contributed by atoms with Crippen molar-refractivity contribution in [2.24, 2.45) is 0 Å². The number of aliphatic hydroxyl groups is 1. The molecule has 3 rings (SSSR count). The number of aliphatic hydroxyl groups excluding tert-OH is 1. The average molecular weight is 350 g/mol. The molecule has 2 atom stereocenters. The zero-order chi connectivity index (χ0) is 17.1. The summed E-state index contributed by atoms with van der Waals surface area (Å²) in [7, 11) is 0. The Kier molecular flexibility index (Phi) is 5.08. The van der Waals surface area contributed by atoms with Crippen molar-refractivity contribution < 1.29 is 14.3 Å². The fraction of sp³-hybridized carbons (Fsp3) is 0.294. The first-order valence-electron chi connectivity index (χ1n) is 7.60. The molecule has 2 aromatic rings. The van der Waals surface area contributed by atoms with Crippen molar-refractivity contribution >= 4 is 23.3 Å². The number of hydrogen-bond acceptors (Lipinski definition) is 4. The molecule has 5 nitrogen and oxygen atoms in total. The summed E-state index contributed by atoms with van der Waals surface area (Å²) in [6.07, 6.45) is 1.38. The zero-order valence-electron chi connectivity index (χ0n) is 12.8. The molecule has 7 heteroatoms. The van der Waals surface area contributed by atoms with E-state index < -0.39 is 6.10 Å². The first kappa shape index (κ1) is 16.8. The van der Waals surface area contributed by atoms with Gasteiger partial charge >= 0.3 is 0 Å². The third-order valence-electron chi connectivity index (χ3n) is 3.96. The number of β-amino-alcohol motifs (C(OH)–C–C–N with tert-alkyl or cyclic N) is 1. The lowest BCUT2D eigenvalue weighted by Gasteiger charge is -2.23. The smallest absolute Gasteiger partial charge is 0.239 e. The molecule has 0 bridgehead atoms. The van der Waals surface area contributed by atoms with Crippen molar-refractivity contribution in [2.75, 3.05) is 18.4 Å². The number of anilines is 1. The van der Waals surface area contributed by atoms with Crippen LogP contribution in [0.5, 0.6) is 0 Å². The average Bonchev–Trinajstić information content (AvgIpc) is 2.90. The standard InChI is InChI=1S/C17H17ClFN3O2/c18-12-4-5-16(20-8-12)21-17(24)10-22-9-14(23)7-15(22)11-2-1-3-13(19)6-11/h1-6,8,14-15,23H,7,9-10H2,(H,20,21,24). The number of rotatable bonds is 4. The van der Waals surface area contributed by atoms with Gasteiger partial charge in [0.25, 0.3) is 0 Å². The number of hydrogen-bond donors (Lipinski definition) is 2. The highest BCUT2D eigenvalue weighted by atomic mass is 35.5. The van der Waals surface area contributed by atoms with Crippen LogP contribution in [0.25, 0.3) is 0 Å². The highest BCUT2D eigenvalue weighted by Crippen LogP contribution is 2.32. The third kappa shape index (κ3) is 4.08. The van der Waals surface area contributed by atoms with Crippen molar-refractivity contribution in [3.05, 3.63) is 59.0 Å². The summed E-state index contributed by atoms with van der Waals surface area (Å²) >= 11 is 5.76. The van der Waals surface area contributed by atoms with E-state index in [9.17, 15) is 14.3 Å². The predicted molar refractivity (Wildman–Crippen MR) is 89.2 cm³/mol. The molecule has 1 saturated heterocycles. The minimum Gasteiger partial charge on any atom is -0.392 e. The van der Waals surface area contributed by atoms with E-state index >= 15 is 0 Å². The summed E-state index contributed by atoms with van der Waals surface area (Å²) in [4.78, 5) is 18.1. The number of likely N-dealkylation sites (tertiary alicyclic amines) is 1. The van der Waals surface area contributed by atoms with E-state index in [1.807, 2.05) is 4.90 Å². The highest BCUT2D eigenvalue weighted by Gasteiger charge is 2.33. The Morgan fingerprint density at radius 3 is 2.96 bits per heavy atom. The molecule has 0 spiro atoms. The fourth-order valence-electron chi connectivity index (χ4n) is 2.93. The highest BCUT2D eigenvalue weighted by molar-refractivity contribution is 6.30. The second kappa shape index (κ2) is 7.25. The Balaban J connectivity index is 1.68. The lowest BCUT2D eigenvalue weighted by atomic mass is 10.0. The normalized spacial score (nSPS) is 21.0. The van der Waals surface area contributed by atoms with E-state index in [2.05, 4.69) is 10.3 Å². The molecule has 24 heavy (non-hydrogen) atoms. The maximum atomic E-state index is 13.4. The largest absolute Gasteiger partial charge is 0.392 e. The van der Waals surface area contributed by atoms with Crippen molar-refractivity contribution in [3.8, 4) is 0 Å². The number of amides is 1. The number of pyridine rings is 1. The Bertz CT molecular complexity index is 726. The Hall–Kier alpha value is -2.02. The van der Waals surface area contributed by atoms with Crippen LogP contribution in [0.2, 0.25) is 5.02 Å². The molecular formula is C17H17ClFN3O2. The van der Waals surface area contributed by atoms with Crippen LogP contribution in [-0.4, -0.2) is 40.1 Å². The quantitative estimate of drug-likeness (QED) is 0.890. The first-order valence-corrected chi connectivity index (χ1v) is 7.98. The van der Waals surface area contributed by atoms with E-state index in [0.717, 1.165) is 5.56 Å². The number of aromatic nitrogens is 1. The summed E-state index contributed by atoms with van der Waals surface area (Å²) in [5.74, 6) is -0.171. The molecule has 0 radical (unpaired) electrons. The van der Waals surface area contributed by atoms with Gasteiger partial charge in [-0.3, -0.25) is 9.69 Å². The van der Waals surface area contributed by atoms with Gasteiger partial charge in [-0.05, 0) is 36.2 Å². The molecule has 2 N–H and O–H groups in total. The minimum absolute atomic E-state index is 0.0859. The lowest BCUT2D eigenvalue weighted by molar-refractivity contribution is -0.117. The summed E-state index contributed by atoms with van der Waals surface area (Å²) in [6, 6.07) is 9.30. The minimum atomic E-state index is -0.542. The van der Waals surface area contributed by atoms with Crippen molar-refractivity contribution in [1.29, 1.82) is 0 Å². The summed E-state index contributed by atoms with van der Waals surface area (Å²) in [5.41, 5.74) is 0.754. The molecule has 1 fully saturated rings. The van der Waals surface area contributed by atoms with Gasteiger partial charge in [0.2, 0.25) is 5.91 Å². The van der Waals surface area contributed by atoms with Gasteiger partial charge in [-0.15, -0.1) is 0 Å². The van der Waals surface area contributed by atoms with Gasteiger partial charge < -0.3 is 10.4 Å². The Morgan fingerprint density at radius 2 is 2.25 bits per heavy atom. The first-order chi connectivity index (χ1) is 11.5. The van der Waals surface area contributed by atoms with E-state index in [0.29, 0.717) is 23.8 Å². The fourth-order valence-corrected chi connectivity index (χ4v) is 3.04. The predicted octanol–water partition coefficient (Wildman–Crippen LogP) is 2.62. The summed E-state index contributed by atoms with van der Waals surface area (Å²) in [6.45, 7) is 0.450. The molecule has 2 heterocycles. The molecule has 1 amide bonds. The number of nitrogens with zero attached hydrogens (tertiary/aromatic N) is 2. The number of halogens is 2.